The number of thiol groups is 1. The standard InChI is InChI=1S/C9H8N2O2S/c1-2-13-9(12)6-3-4-11-7(5-10)8(6)14/h3-4,14H,2H2,1H3. The van der Waals surface area contributed by atoms with Crippen LogP contribution in [0.3, 0.4) is 0 Å². The van der Waals surface area contributed by atoms with Crippen LogP contribution in [-0.2, 0) is 4.74 Å². The number of esters is 1. The predicted molar refractivity (Wildman–Crippen MR) is 52.2 cm³/mol. The van der Waals surface area contributed by atoms with E-state index >= 15 is 0 Å². The van der Waals surface area contributed by atoms with Gasteiger partial charge in [0.2, 0.25) is 0 Å². The van der Waals surface area contributed by atoms with Crippen molar-refractivity contribution in [1.29, 1.82) is 5.26 Å². The fourth-order valence-corrected chi connectivity index (χ4v) is 1.18. The van der Waals surface area contributed by atoms with Gasteiger partial charge in [-0.2, -0.15) is 5.26 Å². The first kappa shape index (κ1) is 10.5. The van der Waals surface area contributed by atoms with Crippen LogP contribution < -0.4 is 0 Å². The number of ether oxygens (including phenoxy) is 1. The molecule has 1 aromatic rings. The topological polar surface area (TPSA) is 63.0 Å². The van der Waals surface area contributed by atoms with Crippen LogP contribution in [0.15, 0.2) is 17.2 Å². The molecule has 0 aliphatic heterocycles. The third-order valence-electron chi connectivity index (χ3n) is 1.53. The fourth-order valence-electron chi connectivity index (χ4n) is 0.909. The van der Waals surface area contributed by atoms with Crippen LogP contribution in [0.4, 0.5) is 0 Å². The summed E-state index contributed by atoms with van der Waals surface area (Å²) in [6.07, 6.45) is 1.38. The third-order valence-corrected chi connectivity index (χ3v) is 1.98. The molecule has 72 valence electrons. The van der Waals surface area contributed by atoms with Crippen LogP contribution in [0.5, 0.6) is 0 Å². The SMILES string of the molecule is CCOC(=O)c1ccnc(C#N)c1S. The summed E-state index contributed by atoms with van der Waals surface area (Å²) < 4.78 is 4.78. The highest BCUT2D eigenvalue weighted by molar-refractivity contribution is 7.80. The van der Waals surface area contributed by atoms with Crippen molar-refractivity contribution in [3.05, 3.63) is 23.5 Å². The lowest BCUT2D eigenvalue weighted by Gasteiger charge is -2.04. The van der Waals surface area contributed by atoms with Crippen molar-refractivity contribution in [1.82, 2.24) is 4.98 Å². The Kier molecular flexibility index (Phi) is 3.48. The Bertz CT molecular complexity index is 398. The molecule has 1 rings (SSSR count). The minimum absolute atomic E-state index is 0.124. The highest BCUT2D eigenvalue weighted by atomic mass is 32.1. The maximum atomic E-state index is 11.3. The van der Waals surface area contributed by atoms with Gasteiger partial charge in [-0.25, -0.2) is 9.78 Å². The van der Waals surface area contributed by atoms with Gasteiger partial charge in [0.1, 0.15) is 6.07 Å². The number of aromatic nitrogens is 1. The molecule has 1 heterocycles. The van der Waals surface area contributed by atoms with Crippen molar-refractivity contribution in [3.8, 4) is 6.07 Å². The zero-order valence-electron chi connectivity index (χ0n) is 7.52. The van der Waals surface area contributed by atoms with Gasteiger partial charge in [-0.1, -0.05) is 0 Å². The first-order chi connectivity index (χ1) is 6.70. The largest absolute Gasteiger partial charge is 0.462 e. The molecule has 0 aliphatic carbocycles. The quantitative estimate of drug-likeness (QED) is 0.589. The second kappa shape index (κ2) is 4.63. The smallest absolute Gasteiger partial charge is 0.339 e. The molecule has 0 spiro atoms. The Labute approximate surface area is 86.9 Å². The van der Waals surface area contributed by atoms with Crippen LogP contribution >= 0.6 is 12.6 Å². The molecule has 14 heavy (non-hydrogen) atoms. The lowest BCUT2D eigenvalue weighted by Crippen LogP contribution is -2.07. The molecule has 0 fully saturated rings. The van der Waals surface area contributed by atoms with Gasteiger partial charge in [0.05, 0.1) is 17.1 Å². The van der Waals surface area contributed by atoms with Crippen LogP contribution in [0.1, 0.15) is 23.0 Å². The minimum atomic E-state index is -0.489. The predicted octanol–water partition coefficient (Wildman–Crippen LogP) is 1.42. The number of nitriles is 1. The second-order valence-corrected chi connectivity index (χ2v) is 2.84. The van der Waals surface area contributed by atoms with Gasteiger partial charge >= 0.3 is 5.97 Å². The number of hydrogen-bond donors (Lipinski definition) is 1. The number of pyridine rings is 1. The van der Waals surface area contributed by atoms with E-state index in [4.69, 9.17) is 10.00 Å². The number of hydrogen-bond acceptors (Lipinski definition) is 5. The Morgan fingerprint density at radius 2 is 2.50 bits per heavy atom. The molecule has 0 saturated carbocycles. The van der Waals surface area contributed by atoms with Crippen LogP contribution in [0, 0.1) is 11.3 Å². The first-order valence-corrected chi connectivity index (χ1v) is 4.40. The lowest BCUT2D eigenvalue weighted by molar-refractivity contribution is 0.0522. The highest BCUT2D eigenvalue weighted by Gasteiger charge is 2.13. The van der Waals surface area contributed by atoms with Crippen LogP contribution in [0.2, 0.25) is 0 Å². The molecule has 0 amide bonds. The molecule has 5 heteroatoms. The summed E-state index contributed by atoms with van der Waals surface area (Å²) in [5, 5.41) is 8.64. The van der Waals surface area contributed by atoms with E-state index in [-0.39, 0.29) is 22.8 Å². The van der Waals surface area contributed by atoms with Gasteiger partial charge in [0, 0.05) is 6.20 Å². The summed E-state index contributed by atoms with van der Waals surface area (Å²) in [6, 6.07) is 3.31. The Balaban J connectivity index is 3.11. The number of carbonyl (C=O) groups excluding carboxylic acids is 1. The molecule has 0 aliphatic rings. The summed E-state index contributed by atoms with van der Waals surface area (Å²) >= 11 is 4.04. The van der Waals surface area contributed by atoms with Gasteiger partial charge in [-0.05, 0) is 13.0 Å². The summed E-state index contributed by atoms with van der Waals surface area (Å²) in [5.74, 6) is -0.489. The Morgan fingerprint density at radius 1 is 1.79 bits per heavy atom. The summed E-state index contributed by atoms with van der Waals surface area (Å²) in [5.41, 5.74) is 0.389. The summed E-state index contributed by atoms with van der Waals surface area (Å²) in [4.78, 5) is 15.3. The average Bonchev–Trinajstić information content (AvgIpc) is 2.18. The number of nitrogens with zero attached hydrogens (tertiary/aromatic N) is 2. The maximum absolute atomic E-state index is 11.3. The zero-order valence-corrected chi connectivity index (χ0v) is 8.41. The van der Waals surface area contributed by atoms with E-state index in [2.05, 4.69) is 17.6 Å². The first-order valence-electron chi connectivity index (χ1n) is 3.96. The molecule has 0 atom stereocenters. The van der Waals surface area contributed by atoms with Gasteiger partial charge < -0.3 is 4.74 Å². The average molecular weight is 208 g/mol. The summed E-state index contributed by atoms with van der Waals surface area (Å²) in [7, 11) is 0. The highest BCUT2D eigenvalue weighted by Crippen LogP contribution is 2.17. The van der Waals surface area contributed by atoms with Crippen molar-refractivity contribution in [2.75, 3.05) is 6.61 Å². The monoisotopic (exact) mass is 208 g/mol. The van der Waals surface area contributed by atoms with Crippen molar-refractivity contribution < 1.29 is 9.53 Å². The molecule has 0 saturated heterocycles. The third kappa shape index (κ3) is 2.03. The number of carbonyl (C=O) groups is 1. The maximum Gasteiger partial charge on any atom is 0.339 e. The minimum Gasteiger partial charge on any atom is -0.462 e. The van der Waals surface area contributed by atoms with Gasteiger partial charge in [-0.3, -0.25) is 0 Å². The van der Waals surface area contributed by atoms with Crippen LogP contribution in [0.25, 0.3) is 0 Å². The second-order valence-electron chi connectivity index (χ2n) is 2.39. The molecule has 0 radical (unpaired) electrons. The molecular formula is C9H8N2O2S. The van der Waals surface area contributed by atoms with Crippen LogP contribution in [-0.4, -0.2) is 17.6 Å². The zero-order chi connectivity index (χ0) is 10.6. The lowest BCUT2D eigenvalue weighted by atomic mass is 10.2. The molecule has 0 unspecified atom stereocenters. The van der Waals surface area contributed by atoms with Crippen molar-refractivity contribution in [3.63, 3.8) is 0 Å². The van der Waals surface area contributed by atoms with Gasteiger partial charge in [-0.15, -0.1) is 12.6 Å². The molecule has 4 nitrogen and oxygen atoms in total. The van der Waals surface area contributed by atoms with Gasteiger partial charge in [0.15, 0.2) is 5.69 Å². The van der Waals surface area contributed by atoms with Gasteiger partial charge in [0.25, 0.3) is 0 Å². The molecule has 0 N–H and O–H groups in total. The van der Waals surface area contributed by atoms with Crippen molar-refractivity contribution in [2.24, 2.45) is 0 Å². The normalized spacial score (nSPS) is 9.21. The molecule has 1 aromatic heterocycles. The Morgan fingerprint density at radius 3 is 3.07 bits per heavy atom. The Hall–Kier alpha value is -1.54. The van der Waals surface area contributed by atoms with E-state index in [0.29, 0.717) is 0 Å². The fraction of sp³-hybridized carbons (Fsp3) is 0.222. The van der Waals surface area contributed by atoms with E-state index in [9.17, 15) is 4.79 Å². The summed E-state index contributed by atoms with van der Waals surface area (Å²) in [6.45, 7) is 2.00. The van der Waals surface area contributed by atoms with E-state index in [1.807, 2.05) is 6.07 Å². The molecule has 0 aromatic carbocycles. The van der Waals surface area contributed by atoms with E-state index in [1.165, 1.54) is 12.3 Å². The van der Waals surface area contributed by atoms with E-state index in [1.54, 1.807) is 6.92 Å². The molecular weight excluding hydrogens is 200 g/mol. The van der Waals surface area contributed by atoms with E-state index < -0.39 is 5.97 Å². The van der Waals surface area contributed by atoms with E-state index in [0.717, 1.165) is 0 Å². The number of rotatable bonds is 2. The van der Waals surface area contributed by atoms with Crippen molar-refractivity contribution in [2.45, 2.75) is 11.8 Å². The van der Waals surface area contributed by atoms with Crippen molar-refractivity contribution >= 4 is 18.6 Å². The molecule has 0 bridgehead atoms.